The third-order valence-corrected chi connectivity index (χ3v) is 2.84. The van der Waals surface area contributed by atoms with E-state index in [9.17, 15) is 9.59 Å². The summed E-state index contributed by atoms with van der Waals surface area (Å²) in [6.07, 6.45) is 1.60. The molecule has 0 aliphatic carbocycles. The molecule has 0 aromatic heterocycles. The summed E-state index contributed by atoms with van der Waals surface area (Å²) in [5.41, 5.74) is 0. The minimum absolute atomic E-state index is 0.0211. The number of aliphatic carboxylic acids is 1. The highest BCUT2D eigenvalue weighted by atomic mass is 16.5. The number of carboxylic acids is 1. The Labute approximate surface area is 112 Å². The van der Waals surface area contributed by atoms with E-state index in [1.165, 1.54) is 9.80 Å². The molecule has 0 aromatic rings. The summed E-state index contributed by atoms with van der Waals surface area (Å²) in [5, 5.41) is 9.11. The largest absolute Gasteiger partial charge is 0.480 e. The second-order valence-corrected chi connectivity index (χ2v) is 4.13. The summed E-state index contributed by atoms with van der Waals surface area (Å²) in [4.78, 5) is 26.3. The quantitative estimate of drug-likeness (QED) is 0.690. The number of carbonyl (C=O) groups is 2. The molecule has 0 saturated carbocycles. The number of rotatable bonds is 6. The van der Waals surface area contributed by atoms with Gasteiger partial charge in [-0.05, 0) is 0 Å². The Kier molecular flexibility index (Phi) is 6.31. The van der Waals surface area contributed by atoms with E-state index in [4.69, 9.17) is 14.6 Å². The molecule has 1 atom stereocenters. The van der Waals surface area contributed by atoms with Gasteiger partial charge < -0.3 is 24.4 Å². The second-order valence-electron chi connectivity index (χ2n) is 4.13. The van der Waals surface area contributed by atoms with Gasteiger partial charge in [-0.1, -0.05) is 6.08 Å². The van der Waals surface area contributed by atoms with Gasteiger partial charge in [-0.3, -0.25) is 0 Å². The van der Waals surface area contributed by atoms with Gasteiger partial charge in [-0.15, -0.1) is 6.58 Å². The molecular formula is C12H20N2O5. The van der Waals surface area contributed by atoms with Gasteiger partial charge >= 0.3 is 12.0 Å². The lowest BCUT2D eigenvalue weighted by atomic mass is 10.2. The van der Waals surface area contributed by atoms with E-state index in [-0.39, 0.29) is 19.2 Å². The summed E-state index contributed by atoms with van der Waals surface area (Å²) < 4.78 is 10.0. The molecule has 1 unspecified atom stereocenters. The number of ether oxygens (including phenoxy) is 2. The summed E-state index contributed by atoms with van der Waals surface area (Å²) in [6, 6.07) is -1.26. The number of amides is 2. The first-order valence-corrected chi connectivity index (χ1v) is 6.07. The van der Waals surface area contributed by atoms with E-state index in [2.05, 4.69) is 6.58 Å². The molecule has 2 amide bonds. The molecule has 0 bridgehead atoms. The number of urea groups is 1. The Morgan fingerprint density at radius 1 is 1.63 bits per heavy atom. The molecule has 0 radical (unpaired) electrons. The molecule has 1 N–H and O–H groups in total. The molecule has 1 aliphatic heterocycles. The number of morpholine rings is 1. The first-order valence-electron chi connectivity index (χ1n) is 6.07. The number of hydrogen-bond donors (Lipinski definition) is 1. The van der Waals surface area contributed by atoms with E-state index >= 15 is 0 Å². The zero-order valence-electron chi connectivity index (χ0n) is 11.1. The third kappa shape index (κ3) is 4.22. The van der Waals surface area contributed by atoms with Crippen molar-refractivity contribution < 1.29 is 24.2 Å². The normalized spacial score (nSPS) is 19.0. The van der Waals surface area contributed by atoms with Crippen LogP contribution in [0.25, 0.3) is 0 Å². The summed E-state index contributed by atoms with van der Waals surface area (Å²) in [6.45, 7) is 5.38. The topological polar surface area (TPSA) is 79.3 Å². The van der Waals surface area contributed by atoms with Crippen LogP contribution in [0, 0.1) is 0 Å². The molecule has 0 spiro atoms. The molecule has 1 saturated heterocycles. The van der Waals surface area contributed by atoms with Crippen LogP contribution in [0.1, 0.15) is 0 Å². The predicted molar refractivity (Wildman–Crippen MR) is 68.0 cm³/mol. The van der Waals surface area contributed by atoms with Gasteiger partial charge in [0.25, 0.3) is 0 Å². The maximum absolute atomic E-state index is 12.3. The third-order valence-electron chi connectivity index (χ3n) is 2.84. The molecule has 108 valence electrons. The first-order chi connectivity index (χ1) is 9.11. The van der Waals surface area contributed by atoms with Gasteiger partial charge in [0.15, 0.2) is 6.04 Å². The van der Waals surface area contributed by atoms with Gasteiger partial charge in [-0.25, -0.2) is 9.59 Å². The number of carboxylic acid groups (broad SMARTS) is 1. The van der Waals surface area contributed by atoms with Crippen molar-refractivity contribution in [1.82, 2.24) is 9.80 Å². The number of carbonyl (C=O) groups excluding carboxylic acids is 1. The minimum atomic E-state index is -1.06. The van der Waals surface area contributed by atoms with Crippen molar-refractivity contribution in [2.45, 2.75) is 6.04 Å². The molecule has 1 aliphatic rings. The molecule has 7 heteroatoms. The lowest BCUT2D eigenvalue weighted by Gasteiger charge is -2.36. The van der Waals surface area contributed by atoms with Crippen molar-refractivity contribution >= 4 is 12.0 Å². The molecule has 7 nitrogen and oxygen atoms in total. The highest BCUT2D eigenvalue weighted by molar-refractivity contribution is 5.83. The maximum Gasteiger partial charge on any atom is 0.328 e. The van der Waals surface area contributed by atoms with Gasteiger partial charge in [-0.2, -0.15) is 0 Å². The highest BCUT2D eigenvalue weighted by Crippen LogP contribution is 2.11. The highest BCUT2D eigenvalue weighted by Gasteiger charge is 2.34. The lowest BCUT2D eigenvalue weighted by Crippen LogP contribution is -2.56. The Bertz CT molecular complexity index is 334. The number of hydrogen-bond acceptors (Lipinski definition) is 4. The molecule has 1 heterocycles. The van der Waals surface area contributed by atoms with Crippen LogP contribution in [-0.4, -0.2) is 79.5 Å². The van der Waals surface area contributed by atoms with Crippen LogP contribution in [0.4, 0.5) is 4.79 Å². The zero-order chi connectivity index (χ0) is 14.3. The maximum atomic E-state index is 12.3. The Morgan fingerprint density at radius 2 is 2.37 bits per heavy atom. The van der Waals surface area contributed by atoms with Crippen molar-refractivity contribution in [2.24, 2.45) is 0 Å². The van der Waals surface area contributed by atoms with Crippen molar-refractivity contribution in [3.63, 3.8) is 0 Å². The fourth-order valence-corrected chi connectivity index (χ4v) is 1.84. The van der Waals surface area contributed by atoms with Crippen molar-refractivity contribution in [1.29, 1.82) is 0 Å². The van der Waals surface area contributed by atoms with Gasteiger partial charge in [0, 0.05) is 26.7 Å². The van der Waals surface area contributed by atoms with Crippen LogP contribution in [0.5, 0.6) is 0 Å². The lowest BCUT2D eigenvalue weighted by molar-refractivity contribution is -0.147. The van der Waals surface area contributed by atoms with E-state index < -0.39 is 12.0 Å². The average molecular weight is 272 g/mol. The van der Waals surface area contributed by atoms with Crippen LogP contribution in [0.15, 0.2) is 12.7 Å². The Hall–Kier alpha value is -1.60. The fourth-order valence-electron chi connectivity index (χ4n) is 1.84. The second kappa shape index (κ2) is 7.75. The van der Waals surface area contributed by atoms with Crippen molar-refractivity contribution in [3.05, 3.63) is 12.7 Å². The van der Waals surface area contributed by atoms with Crippen molar-refractivity contribution in [3.8, 4) is 0 Å². The van der Waals surface area contributed by atoms with Crippen LogP contribution in [0.2, 0.25) is 0 Å². The number of methoxy groups -OCH3 is 1. The van der Waals surface area contributed by atoms with Crippen molar-refractivity contribution in [2.75, 3.05) is 46.6 Å². The molecule has 0 aromatic carbocycles. The van der Waals surface area contributed by atoms with E-state index in [1.54, 1.807) is 13.2 Å². The summed E-state index contributed by atoms with van der Waals surface area (Å²) in [5.74, 6) is -1.06. The summed E-state index contributed by atoms with van der Waals surface area (Å²) in [7, 11) is 1.55. The predicted octanol–water partition coefficient (Wildman–Crippen LogP) is 0.0262. The first kappa shape index (κ1) is 15.5. The van der Waals surface area contributed by atoms with E-state index in [0.29, 0.717) is 26.3 Å². The van der Waals surface area contributed by atoms with Crippen LogP contribution in [-0.2, 0) is 14.3 Å². The molecule has 1 fully saturated rings. The Morgan fingerprint density at radius 3 is 2.95 bits per heavy atom. The average Bonchev–Trinajstić information content (AvgIpc) is 2.42. The molecule has 1 rings (SSSR count). The van der Waals surface area contributed by atoms with Gasteiger partial charge in [0.05, 0.1) is 19.8 Å². The Balaban J connectivity index is 2.74. The fraction of sp³-hybridized carbons (Fsp3) is 0.667. The SMILES string of the molecule is C=CCN(CCOC)C(=O)N1CCOCC1C(=O)O. The van der Waals surface area contributed by atoms with Crippen LogP contribution < -0.4 is 0 Å². The minimum Gasteiger partial charge on any atom is -0.480 e. The molecule has 19 heavy (non-hydrogen) atoms. The zero-order valence-corrected chi connectivity index (χ0v) is 11.1. The van der Waals surface area contributed by atoms with E-state index in [1.807, 2.05) is 0 Å². The summed E-state index contributed by atoms with van der Waals surface area (Å²) >= 11 is 0. The van der Waals surface area contributed by atoms with Gasteiger partial charge in [0.2, 0.25) is 0 Å². The monoisotopic (exact) mass is 272 g/mol. The smallest absolute Gasteiger partial charge is 0.328 e. The number of nitrogens with zero attached hydrogens (tertiary/aromatic N) is 2. The van der Waals surface area contributed by atoms with Crippen LogP contribution >= 0.6 is 0 Å². The van der Waals surface area contributed by atoms with E-state index in [0.717, 1.165) is 0 Å². The van der Waals surface area contributed by atoms with Gasteiger partial charge in [0.1, 0.15) is 0 Å². The molecular weight excluding hydrogens is 252 g/mol. The van der Waals surface area contributed by atoms with Crippen LogP contribution in [0.3, 0.4) is 0 Å². The standard InChI is InChI=1S/C12H20N2O5/c1-3-4-13(5-7-18-2)12(17)14-6-8-19-9-10(14)11(15)16/h3,10H,1,4-9H2,2H3,(H,15,16).